The second-order valence-electron chi connectivity index (χ2n) is 16.5. The van der Waals surface area contributed by atoms with E-state index in [0.717, 1.165) is 70.6 Å². The molecule has 0 radical (unpaired) electrons. The van der Waals surface area contributed by atoms with Crippen LogP contribution in [0.3, 0.4) is 0 Å². The zero-order valence-corrected chi connectivity index (χ0v) is 39.2. The highest BCUT2D eigenvalue weighted by Gasteiger charge is 2.16. The third kappa shape index (κ3) is 47.8. The zero-order valence-electron chi connectivity index (χ0n) is 39.2. The van der Waals surface area contributed by atoms with E-state index in [4.69, 9.17) is 9.47 Å². The van der Waals surface area contributed by atoms with E-state index in [1.54, 1.807) is 0 Å². The molecule has 0 spiro atoms. The number of aliphatic hydroxyl groups excluding tert-OH is 1. The summed E-state index contributed by atoms with van der Waals surface area (Å²) < 4.78 is 10.6. The van der Waals surface area contributed by atoms with Crippen LogP contribution in [0.4, 0.5) is 0 Å². The van der Waals surface area contributed by atoms with Crippen molar-refractivity contribution in [3.63, 3.8) is 0 Å². The molecular formula is C55H94O5. The van der Waals surface area contributed by atoms with Crippen LogP contribution in [0.2, 0.25) is 0 Å². The van der Waals surface area contributed by atoms with E-state index < -0.39 is 6.10 Å². The van der Waals surface area contributed by atoms with Gasteiger partial charge in [0, 0.05) is 12.8 Å². The van der Waals surface area contributed by atoms with E-state index in [1.807, 2.05) is 0 Å². The molecule has 0 saturated heterocycles. The molecule has 0 amide bonds. The minimum Gasteiger partial charge on any atom is -0.462 e. The van der Waals surface area contributed by atoms with Gasteiger partial charge in [-0.3, -0.25) is 9.59 Å². The van der Waals surface area contributed by atoms with Crippen molar-refractivity contribution in [3.8, 4) is 0 Å². The molecule has 0 aromatic rings. The molecule has 0 aromatic heterocycles. The van der Waals surface area contributed by atoms with Crippen LogP contribution in [0.1, 0.15) is 232 Å². The lowest BCUT2D eigenvalue weighted by atomic mass is 10.0. The van der Waals surface area contributed by atoms with Crippen molar-refractivity contribution in [1.82, 2.24) is 0 Å². The van der Waals surface area contributed by atoms with Crippen LogP contribution in [0, 0.1) is 0 Å². The highest BCUT2D eigenvalue weighted by Crippen LogP contribution is 2.16. The van der Waals surface area contributed by atoms with Gasteiger partial charge in [0.15, 0.2) is 6.10 Å². The second kappa shape index (κ2) is 50.4. The van der Waals surface area contributed by atoms with Gasteiger partial charge in [-0.2, -0.15) is 0 Å². The quantitative estimate of drug-likeness (QED) is 0.0376. The molecule has 0 fully saturated rings. The maximum Gasteiger partial charge on any atom is 0.306 e. The Morgan fingerprint density at radius 3 is 1.07 bits per heavy atom. The van der Waals surface area contributed by atoms with Gasteiger partial charge < -0.3 is 14.6 Å². The van der Waals surface area contributed by atoms with Crippen LogP contribution in [-0.2, 0) is 19.1 Å². The van der Waals surface area contributed by atoms with E-state index in [0.29, 0.717) is 12.8 Å². The van der Waals surface area contributed by atoms with Crippen molar-refractivity contribution in [1.29, 1.82) is 0 Å². The largest absolute Gasteiger partial charge is 0.462 e. The normalized spacial score (nSPS) is 12.9. The molecular weight excluding hydrogens is 741 g/mol. The van der Waals surface area contributed by atoms with Gasteiger partial charge >= 0.3 is 11.9 Å². The summed E-state index contributed by atoms with van der Waals surface area (Å²) in [4.78, 5) is 24.4. The Labute approximate surface area is 371 Å². The van der Waals surface area contributed by atoms with Crippen molar-refractivity contribution in [2.24, 2.45) is 0 Å². The van der Waals surface area contributed by atoms with Crippen LogP contribution in [0.5, 0.6) is 0 Å². The van der Waals surface area contributed by atoms with Gasteiger partial charge in [0.2, 0.25) is 0 Å². The zero-order chi connectivity index (χ0) is 43.5. The fourth-order valence-electron chi connectivity index (χ4n) is 6.96. The van der Waals surface area contributed by atoms with Gasteiger partial charge in [-0.25, -0.2) is 0 Å². The Bertz CT molecular complexity index is 1130. The molecule has 0 rings (SSSR count). The third-order valence-electron chi connectivity index (χ3n) is 10.7. The van der Waals surface area contributed by atoms with E-state index in [-0.39, 0.29) is 31.6 Å². The second-order valence-corrected chi connectivity index (χ2v) is 16.5. The Balaban J connectivity index is 3.60. The molecule has 1 unspecified atom stereocenters. The summed E-state index contributed by atoms with van der Waals surface area (Å²) in [6.07, 6.45) is 69.7. The highest BCUT2D eigenvalue weighted by atomic mass is 16.6. The summed E-state index contributed by atoms with van der Waals surface area (Å²) in [7, 11) is 0. The SMILES string of the molecule is CC/C=C\C/C=C\C/C=C\C/C=C\C/C=C\C/C=C\C/C=C\CCCC(=O)OC(CO)COC(=O)CCCCCCCCCCCCCCCCCCCCCCCCC. The number of carbonyl (C=O) groups excluding carboxylic acids is 2. The highest BCUT2D eigenvalue weighted by molar-refractivity contribution is 5.70. The number of hydrogen-bond donors (Lipinski definition) is 1. The van der Waals surface area contributed by atoms with Crippen LogP contribution in [-0.4, -0.2) is 36.4 Å². The standard InChI is InChI=1S/C55H94O5/c1-3-5-7-9-11-13-15-17-19-21-23-25-27-29-31-33-35-37-39-41-43-45-47-49-54(57)59-52-53(51-56)60-55(58)50-48-46-44-42-40-38-36-34-32-30-28-26-24-22-20-18-16-14-12-10-8-6-4-2/h6,8,12,14,18,20,24,26,30,32,36,38,42,44,53,56H,3-5,7,9-11,13,15-17,19,21-23,25,27-29,31,33-35,37,39-41,43,45-52H2,1-2H3/b8-6-,14-12-,20-18-,26-24-,32-30-,38-36-,44-42-. The molecule has 1 atom stereocenters. The first kappa shape index (κ1) is 57.1. The Kier molecular flexibility index (Phi) is 48.0. The Morgan fingerprint density at radius 1 is 0.400 bits per heavy atom. The first-order chi connectivity index (χ1) is 29.6. The third-order valence-corrected chi connectivity index (χ3v) is 10.7. The van der Waals surface area contributed by atoms with Crippen LogP contribution in [0.15, 0.2) is 85.1 Å². The smallest absolute Gasteiger partial charge is 0.306 e. The summed E-state index contributed by atoms with van der Waals surface area (Å²) in [6.45, 7) is 4.00. The fourth-order valence-corrected chi connectivity index (χ4v) is 6.96. The molecule has 0 heterocycles. The fraction of sp³-hybridized carbons (Fsp3) is 0.709. The molecule has 344 valence electrons. The van der Waals surface area contributed by atoms with E-state index in [2.05, 4.69) is 98.9 Å². The monoisotopic (exact) mass is 835 g/mol. The summed E-state index contributed by atoms with van der Waals surface area (Å²) >= 11 is 0. The number of allylic oxidation sites excluding steroid dienone is 14. The molecule has 0 aliphatic carbocycles. The van der Waals surface area contributed by atoms with Crippen LogP contribution < -0.4 is 0 Å². The number of unbranched alkanes of at least 4 members (excludes halogenated alkanes) is 23. The van der Waals surface area contributed by atoms with E-state index >= 15 is 0 Å². The van der Waals surface area contributed by atoms with E-state index in [1.165, 1.54) is 128 Å². The number of esters is 2. The lowest BCUT2D eigenvalue weighted by Gasteiger charge is -2.15. The number of rotatable bonds is 45. The molecule has 1 N–H and O–H groups in total. The Hall–Kier alpha value is -2.92. The molecule has 0 aliphatic rings. The van der Waals surface area contributed by atoms with Crippen LogP contribution >= 0.6 is 0 Å². The molecule has 0 aliphatic heterocycles. The lowest BCUT2D eigenvalue weighted by molar-refractivity contribution is -0.161. The number of hydrogen-bond acceptors (Lipinski definition) is 5. The summed E-state index contributed by atoms with van der Waals surface area (Å²) in [5.41, 5.74) is 0. The van der Waals surface area contributed by atoms with Gasteiger partial charge in [-0.05, 0) is 64.2 Å². The lowest BCUT2D eigenvalue weighted by Crippen LogP contribution is -2.28. The van der Waals surface area contributed by atoms with Gasteiger partial charge in [0.1, 0.15) is 6.61 Å². The molecule has 0 aromatic carbocycles. The topological polar surface area (TPSA) is 72.8 Å². The average Bonchev–Trinajstić information content (AvgIpc) is 3.25. The van der Waals surface area contributed by atoms with Crippen molar-refractivity contribution < 1.29 is 24.2 Å². The van der Waals surface area contributed by atoms with Gasteiger partial charge in [0.25, 0.3) is 0 Å². The van der Waals surface area contributed by atoms with Crippen molar-refractivity contribution in [2.75, 3.05) is 13.2 Å². The number of ether oxygens (including phenoxy) is 2. The van der Waals surface area contributed by atoms with Gasteiger partial charge in [-0.15, -0.1) is 0 Å². The Morgan fingerprint density at radius 2 is 0.717 bits per heavy atom. The maximum atomic E-state index is 12.2. The maximum absolute atomic E-state index is 12.2. The number of carbonyl (C=O) groups is 2. The summed E-state index contributed by atoms with van der Waals surface area (Å²) in [5.74, 6) is -0.657. The van der Waals surface area contributed by atoms with Crippen molar-refractivity contribution in [2.45, 2.75) is 238 Å². The van der Waals surface area contributed by atoms with Crippen molar-refractivity contribution >= 4 is 11.9 Å². The first-order valence-electron chi connectivity index (χ1n) is 25.1. The van der Waals surface area contributed by atoms with Crippen molar-refractivity contribution in [3.05, 3.63) is 85.1 Å². The number of aliphatic hydroxyl groups is 1. The predicted molar refractivity (Wildman–Crippen MR) is 260 cm³/mol. The average molecular weight is 835 g/mol. The van der Waals surface area contributed by atoms with Gasteiger partial charge in [0.05, 0.1) is 6.61 Å². The molecule has 60 heavy (non-hydrogen) atoms. The summed E-state index contributed by atoms with van der Waals surface area (Å²) in [5, 5.41) is 9.61. The summed E-state index contributed by atoms with van der Waals surface area (Å²) in [6, 6.07) is 0. The van der Waals surface area contributed by atoms with Gasteiger partial charge in [-0.1, -0.05) is 240 Å². The molecule has 5 heteroatoms. The minimum absolute atomic E-state index is 0.0910. The predicted octanol–water partition coefficient (Wildman–Crippen LogP) is 16.6. The molecule has 5 nitrogen and oxygen atoms in total. The van der Waals surface area contributed by atoms with Crippen LogP contribution in [0.25, 0.3) is 0 Å². The first-order valence-corrected chi connectivity index (χ1v) is 25.1. The molecule has 0 saturated carbocycles. The molecule has 0 bridgehead atoms. The van der Waals surface area contributed by atoms with E-state index in [9.17, 15) is 14.7 Å². The minimum atomic E-state index is -0.806.